The number of thiophene rings is 2. The Balaban J connectivity index is 2.35. The monoisotopic (exact) mass is 230 g/mol. The molecule has 2 rings (SSSR count). The fraction of sp³-hybridized carbons (Fsp3) is 0. The molecule has 0 aromatic carbocycles. The highest BCUT2D eigenvalue weighted by molar-refractivity contribution is 8.69. The standard InChI is InChI=1S/C8H6S4/c9-12-8-4-3-7(11-8)6-2-1-5-10-6/h1-5,9H. The van der Waals surface area contributed by atoms with E-state index in [-0.39, 0.29) is 0 Å². The minimum atomic E-state index is 1.25. The quantitative estimate of drug-likeness (QED) is 0.589. The van der Waals surface area contributed by atoms with Crippen LogP contribution in [0.15, 0.2) is 33.9 Å². The van der Waals surface area contributed by atoms with Gasteiger partial charge in [0.25, 0.3) is 0 Å². The maximum absolute atomic E-state index is 4.15. The number of thiol groups is 1. The highest BCUT2D eigenvalue weighted by Crippen LogP contribution is 2.36. The molecule has 62 valence electrons. The van der Waals surface area contributed by atoms with Crippen LogP contribution in [0.1, 0.15) is 0 Å². The summed E-state index contributed by atoms with van der Waals surface area (Å²) in [4.78, 5) is 2.68. The van der Waals surface area contributed by atoms with E-state index >= 15 is 0 Å². The molecule has 0 spiro atoms. The fourth-order valence-corrected chi connectivity index (χ4v) is 3.56. The van der Waals surface area contributed by atoms with E-state index in [2.05, 4.69) is 41.3 Å². The first kappa shape index (κ1) is 8.69. The predicted octanol–water partition coefficient (Wildman–Crippen LogP) is 4.41. The molecule has 0 aliphatic rings. The van der Waals surface area contributed by atoms with Gasteiger partial charge in [0.05, 0.1) is 4.21 Å². The van der Waals surface area contributed by atoms with Crippen molar-refractivity contribution in [1.82, 2.24) is 0 Å². The van der Waals surface area contributed by atoms with Crippen molar-refractivity contribution in [3.63, 3.8) is 0 Å². The van der Waals surface area contributed by atoms with Crippen molar-refractivity contribution in [3.8, 4) is 9.75 Å². The molecule has 0 radical (unpaired) electrons. The molecular formula is C8H6S4. The third kappa shape index (κ3) is 1.71. The van der Waals surface area contributed by atoms with E-state index in [9.17, 15) is 0 Å². The molecule has 2 aromatic rings. The van der Waals surface area contributed by atoms with Gasteiger partial charge >= 0.3 is 0 Å². The van der Waals surface area contributed by atoms with E-state index in [1.54, 1.807) is 22.7 Å². The highest BCUT2D eigenvalue weighted by atomic mass is 33.1. The topological polar surface area (TPSA) is 0 Å². The maximum atomic E-state index is 4.15. The Labute approximate surface area is 88.4 Å². The van der Waals surface area contributed by atoms with E-state index in [0.29, 0.717) is 0 Å². The summed E-state index contributed by atoms with van der Waals surface area (Å²) in [5.74, 6) is 0. The normalized spacial score (nSPS) is 10.4. The molecular weight excluding hydrogens is 224 g/mol. The Bertz CT molecular complexity index is 347. The summed E-state index contributed by atoms with van der Waals surface area (Å²) in [5, 5.41) is 2.10. The van der Waals surface area contributed by atoms with Crippen molar-refractivity contribution < 1.29 is 0 Å². The summed E-state index contributed by atoms with van der Waals surface area (Å²) in [5.41, 5.74) is 0. The molecule has 0 saturated carbocycles. The molecule has 0 aliphatic heterocycles. The van der Waals surface area contributed by atoms with Crippen molar-refractivity contribution >= 4 is 45.1 Å². The molecule has 0 atom stereocenters. The molecule has 0 aliphatic carbocycles. The van der Waals surface area contributed by atoms with Crippen LogP contribution in [0.25, 0.3) is 9.75 Å². The molecule has 4 heteroatoms. The lowest BCUT2D eigenvalue weighted by atomic mass is 10.4. The Kier molecular flexibility index (Phi) is 2.80. The molecule has 2 aromatic heterocycles. The first-order valence-electron chi connectivity index (χ1n) is 3.35. The molecule has 0 unspecified atom stereocenters. The van der Waals surface area contributed by atoms with Crippen molar-refractivity contribution in [3.05, 3.63) is 29.6 Å². The highest BCUT2D eigenvalue weighted by Gasteiger charge is 2.02. The third-order valence-corrected chi connectivity index (χ3v) is 5.16. The van der Waals surface area contributed by atoms with Crippen LogP contribution >= 0.6 is 45.1 Å². The van der Waals surface area contributed by atoms with Gasteiger partial charge in [-0.1, -0.05) is 16.9 Å². The Morgan fingerprint density at radius 2 is 2.08 bits per heavy atom. The smallest absolute Gasteiger partial charge is 0.0710 e. The van der Waals surface area contributed by atoms with Crippen LogP contribution in [-0.2, 0) is 0 Å². The van der Waals surface area contributed by atoms with Crippen LogP contribution in [0.3, 0.4) is 0 Å². The van der Waals surface area contributed by atoms with Gasteiger partial charge in [0.15, 0.2) is 0 Å². The summed E-state index contributed by atoms with van der Waals surface area (Å²) in [6, 6.07) is 8.48. The van der Waals surface area contributed by atoms with E-state index < -0.39 is 0 Å². The molecule has 0 nitrogen and oxygen atoms in total. The number of rotatable bonds is 2. The van der Waals surface area contributed by atoms with E-state index in [0.717, 1.165) is 0 Å². The van der Waals surface area contributed by atoms with Crippen LogP contribution in [0.4, 0.5) is 0 Å². The number of hydrogen-bond donors (Lipinski definition) is 1. The maximum Gasteiger partial charge on any atom is 0.0710 e. The SMILES string of the molecule is SSc1ccc(-c2cccs2)s1. The van der Waals surface area contributed by atoms with Crippen molar-refractivity contribution in [2.45, 2.75) is 4.21 Å². The van der Waals surface area contributed by atoms with E-state index in [4.69, 9.17) is 0 Å². The molecule has 0 saturated heterocycles. The first-order valence-corrected chi connectivity index (χ1v) is 6.92. The van der Waals surface area contributed by atoms with Gasteiger partial charge in [0.2, 0.25) is 0 Å². The third-order valence-electron chi connectivity index (χ3n) is 1.44. The Morgan fingerprint density at radius 1 is 1.17 bits per heavy atom. The molecule has 0 N–H and O–H groups in total. The van der Waals surface area contributed by atoms with Crippen LogP contribution < -0.4 is 0 Å². The average molecular weight is 230 g/mol. The zero-order valence-electron chi connectivity index (χ0n) is 6.06. The number of hydrogen-bond acceptors (Lipinski definition) is 4. The lowest BCUT2D eigenvalue weighted by Crippen LogP contribution is -1.55. The van der Waals surface area contributed by atoms with Crippen molar-refractivity contribution in [1.29, 1.82) is 0 Å². The average Bonchev–Trinajstić information content (AvgIpc) is 2.75. The Morgan fingerprint density at radius 3 is 2.67 bits per heavy atom. The zero-order valence-corrected chi connectivity index (χ0v) is 9.40. The van der Waals surface area contributed by atoms with Crippen LogP contribution in [-0.4, -0.2) is 0 Å². The minimum absolute atomic E-state index is 1.25. The summed E-state index contributed by atoms with van der Waals surface area (Å²) >= 11 is 7.71. The lowest BCUT2D eigenvalue weighted by molar-refractivity contribution is 1.76. The van der Waals surface area contributed by atoms with Gasteiger partial charge in [-0.2, -0.15) is 0 Å². The Hall–Kier alpha value is 0.1000. The van der Waals surface area contributed by atoms with Gasteiger partial charge in [-0.25, -0.2) is 0 Å². The summed E-state index contributed by atoms with van der Waals surface area (Å²) in [6.07, 6.45) is 0. The lowest BCUT2D eigenvalue weighted by Gasteiger charge is -1.87. The van der Waals surface area contributed by atoms with Gasteiger partial charge in [-0.05, 0) is 23.6 Å². The molecule has 0 bridgehead atoms. The summed E-state index contributed by atoms with van der Waals surface area (Å²) in [7, 11) is 1.50. The van der Waals surface area contributed by atoms with Crippen LogP contribution in [0, 0.1) is 0 Å². The van der Waals surface area contributed by atoms with E-state index in [1.807, 2.05) is 0 Å². The molecule has 2 heterocycles. The summed E-state index contributed by atoms with van der Waals surface area (Å²) in [6.45, 7) is 0. The zero-order chi connectivity index (χ0) is 8.39. The van der Waals surface area contributed by atoms with Crippen molar-refractivity contribution in [2.24, 2.45) is 0 Å². The predicted molar refractivity (Wildman–Crippen MR) is 62.5 cm³/mol. The fourth-order valence-electron chi connectivity index (χ4n) is 0.920. The van der Waals surface area contributed by atoms with Gasteiger partial charge in [0.1, 0.15) is 0 Å². The molecule has 0 amide bonds. The van der Waals surface area contributed by atoms with E-state index in [1.165, 1.54) is 24.8 Å². The second-order valence-corrected chi connectivity index (χ2v) is 5.65. The molecule has 12 heavy (non-hydrogen) atoms. The minimum Gasteiger partial charge on any atom is -0.143 e. The van der Waals surface area contributed by atoms with Crippen molar-refractivity contribution in [2.75, 3.05) is 0 Å². The van der Waals surface area contributed by atoms with Gasteiger partial charge in [-0.3, -0.25) is 0 Å². The van der Waals surface area contributed by atoms with Gasteiger partial charge in [-0.15, -0.1) is 34.3 Å². The summed E-state index contributed by atoms with van der Waals surface area (Å²) < 4.78 is 1.25. The first-order chi connectivity index (χ1) is 5.90. The second-order valence-electron chi connectivity index (χ2n) is 2.19. The molecule has 0 fully saturated rings. The van der Waals surface area contributed by atoms with Crippen LogP contribution in [0.5, 0.6) is 0 Å². The van der Waals surface area contributed by atoms with Gasteiger partial charge < -0.3 is 0 Å². The second kappa shape index (κ2) is 3.87. The largest absolute Gasteiger partial charge is 0.143 e. The van der Waals surface area contributed by atoms with Gasteiger partial charge in [0, 0.05) is 9.75 Å². The van der Waals surface area contributed by atoms with Crippen LogP contribution in [0.2, 0.25) is 0 Å².